The van der Waals surface area contributed by atoms with Gasteiger partial charge < -0.3 is 0 Å². The molecule has 0 spiro atoms. The van der Waals surface area contributed by atoms with Gasteiger partial charge in [0, 0.05) is 0 Å². The fourth-order valence-electron chi connectivity index (χ4n) is 0.489. The second kappa shape index (κ2) is 2.27. The van der Waals surface area contributed by atoms with Gasteiger partial charge in [-0.3, -0.25) is 0 Å². The predicted octanol–water partition coefficient (Wildman–Crippen LogP) is 1.06. The molecule has 0 aliphatic carbocycles. The zero-order valence-corrected chi connectivity index (χ0v) is 5.05. The van der Waals surface area contributed by atoms with Crippen LogP contribution in [0.25, 0.3) is 0 Å². The quantitative estimate of drug-likeness (QED) is 0.509. The van der Waals surface area contributed by atoms with E-state index in [1.54, 1.807) is 6.07 Å². The van der Waals surface area contributed by atoms with E-state index in [0.717, 1.165) is 5.56 Å². The Morgan fingerprint density at radius 1 is 1.67 bits per heavy atom. The molecule has 43 valence electrons. The molecule has 1 heterocycles. The van der Waals surface area contributed by atoms with Gasteiger partial charge in [-0.15, -0.1) is 0 Å². The number of hydrogen-bond acceptors (Lipinski definition) is 2. The van der Waals surface area contributed by atoms with Gasteiger partial charge in [0.25, 0.3) is 0 Å². The molecular formula is C7H5N2. The van der Waals surface area contributed by atoms with Crippen molar-refractivity contribution in [1.82, 2.24) is 4.98 Å². The maximum atomic E-state index is 8.30. The van der Waals surface area contributed by atoms with Crippen LogP contribution in [-0.2, 0) is 0 Å². The largest absolute Gasteiger partial charge is 0.235 e. The number of aryl methyl sites for hydroxylation is 1. The summed E-state index contributed by atoms with van der Waals surface area (Å²) in [6, 6.07) is 5.40. The molecule has 0 fully saturated rings. The Hall–Kier alpha value is -1.36. The lowest BCUT2D eigenvalue weighted by Crippen LogP contribution is -1.81. The third-order valence-electron chi connectivity index (χ3n) is 0.958. The summed E-state index contributed by atoms with van der Waals surface area (Å²) < 4.78 is 0. The molecule has 0 atom stereocenters. The van der Waals surface area contributed by atoms with Crippen LogP contribution < -0.4 is 0 Å². The molecule has 0 amide bonds. The van der Waals surface area contributed by atoms with Crippen molar-refractivity contribution in [3.63, 3.8) is 0 Å². The van der Waals surface area contributed by atoms with E-state index in [4.69, 9.17) is 5.26 Å². The van der Waals surface area contributed by atoms with Crippen LogP contribution in [0.4, 0.5) is 0 Å². The second-order valence-corrected chi connectivity index (χ2v) is 1.74. The highest BCUT2D eigenvalue weighted by atomic mass is 14.7. The molecule has 0 aliphatic rings. The first-order valence-corrected chi connectivity index (χ1v) is 2.58. The summed E-state index contributed by atoms with van der Waals surface area (Å²) in [4.78, 5) is 3.71. The van der Waals surface area contributed by atoms with Crippen LogP contribution in [0.1, 0.15) is 11.3 Å². The van der Waals surface area contributed by atoms with Crippen molar-refractivity contribution in [3.8, 4) is 6.07 Å². The van der Waals surface area contributed by atoms with E-state index in [1.165, 1.54) is 0 Å². The van der Waals surface area contributed by atoms with E-state index in [1.807, 2.05) is 19.1 Å². The van der Waals surface area contributed by atoms with E-state index in [-0.39, 0.29) is 0 Å². The summed E-state index contributed by atoms with van der Waals surface area (Å²) in [5.74, 6) is 0. The number of pyridine rings is 1. The van der Waals surface area contributed by atoms with Crippen molar-refractivity contribution >= 4 is 0 Å². The Morgan fingerprint density at radius 2 is 2.44 bits per heavy atom. The molecule has 9 heavy (non-hydrogen) atoms. The second-order valence-electron chi connectivity index (χ2n) is 1.74. The highest BCUT2D eigenvalue weighted by Gasteiger charge is 1.87. The van der Waals surface area contributed by atoms with Crippen molar-refractivity contribution in [2.45, 2.75) is 6.92 Å². The molecule has 1 radical (unpaired) electrons. The van der Waals surface area contributed by atoms with Gasteiger partial charge in [0.2, 0.25) is 0 Å². The maximum absolute atomic E-state index is 8.30. The number of aromatic nitrogens is 1. The smallest absolute Gasteiger partial charge is 0.141 e. The number of nitriles is 1. The van der Waals surface area contributed by atoms with Gasteiger partial charge in [-0.25, -0.2) is 4.98 Å². The molecule has 0 saturated carbocycles. The highest BCUT2D eigenvalue weighted by molar-refractivity contribution is 5.21. The third-order valence-corrected chi connectivity index (χ3v) is 0.958. The minimum Gasteiger partial charge on any atom is -0.235 e. The number of nitrogens with zero attached hydrogens (tertiary/aromatic N) is 2. The molecule has 0 unspecified atom stereocenters. The van der Waals surface area contributed by atoms with E-state index < -0.39 is 0 Å². The summed E-state index contributed by atoms with van der Waals surface area (Å²) in [6.07, 6.45) is 2.68. The van der Waals surface area contributed by atoms with Crippen LogP contribution in [0.3, 0.4) is 0 Å². The maximum Gasteiger partial charge on any atom is 0.141 e. The van der Waals surface area contributed by atoms with E-state index in [2.05, 4.69) is 11.2 Å². The van der Waals surface area contributed by atoms with E-state index in [0.29, 0.717) is 5.69 Å². The highest BCUT2D eigenvalue weighted by Crippen LogP contribution is 1.94. The van der Waals surface area contributed by atoms with Crippen LogP contribution in [0.15, 0.2) is 12.1 Å². The van der Waals surface area contributed by atoms with Crippen LogP contribution in [0.5, 0.6) is 0 Å². The van der Waals surface area contributed by atoms with Gasteiger partial charge >= 0.3 is 0 Å². The lowest BCUT2D eigenvalue weighted by molar-refractivity contribution is 1.21. The van der Waals surface area contributed by atoms with Crippen molar-refractivity contribution in [2.24, 2.45) is 0 Å². The van der Waals surface area contributed by atoms with E-state index in [9.17, 15) is 0 Å². The Balaban J connectivity index is 3.06. The minimum absolute atomic E-state index is 0.417. The number of hydrogen-bond donors (Lipinski definition) is 0. The molecule has 0 aromatic carbocycles. The predicted molar refractivity (Wildman–Crippen MR) is 32.5 cm³/mol. The summed E-state index contributed by atoms with van der Waals surface area (Å²) >= 11 is 0. The minimum atomic E-state index is 0.417. The average molecular weight is 117 g/mol. The van der Waals surface area contributed by atoms with Crippen LogP contribution in [0.2, 0.25) is 0 Å². The molecule has 0 aliphatic heterocycles. The monoisotopic (exact) mass is 117 g/mol. The first-order valence-electron chi connectivity index (χ1n) is 2.58. The van der Waals surface area contributed by atoms with Gasteiger partial charge in [0.05, 0.1) is 6.20 Å². The Kier molecular flexibility index (Phi) is 1.46. The molecule has 0 N–H and O–H groups in total. The van der Waals surface area contributed by atoms with Gasteiger partial charge in [-0.2, -0.15) is 5.26 Å². The SMILES string of the molecule is Cc1[c]nc(C#N)cc1. The zero-order chi connectivity index (χ0) is 6.69. The molecule has 1 aromatic rings. The van der Waals surface area contributed by atoms with Crippen molar-refractivity contribution in [3.05, 3.63) is 29.6 Å². The van der Waals surface area contributed by atoms with Crippen molar-refractivity contribution < 1.29 is 0 Å². The normalized spacial score (nSPS) is 8.44. The fraction of sp³-hybridized carbons (Fsp3) is 0.143. The van der Waals surface area contributed by atoms with Gasteiger partial charge in [-0.05, 0) is 18.6 Å². The van der Waals surface area contributed by atoms with Gasteiger partial charge in [0.1, 0.15) is 11.8 Å². The molecular weight excluding hydrogens is 112 g/mol. The number of rotatable bonds is 0. The van der Waals surface area contributed by atoms with Gasteiger partial charge in [0.15, 0.2) is 0 Å². The zero-order valence-electron chi connectivity index (χ0n) is 5.05. The summed E-state index contributed by atoms with van der Waals surface area (Å²) in [6.45, 7) is 1.88. The molecule has 1 aromatic heterocycles. The summed E-state index contributed by atoms with van der Waals surface area (Å²) in [7, 11) is 0. The van der Waals surface area contributed by atoms with E-state index >= 15 is 0 Å². The molecule has 2 heteroatoms. The van der Waals surface area contributed by atoms with Crippen LogP contribution in [-0.4, -0.2) is 4.98 Å². The lowest BCUT2D eigenvalue weighted by atomic mass is 10.3. The Bertz CT molecular complexity index is 230. The van der Waals surface area contributed by atoms with Crippen molar-refractivity contribution in [1.29, 1.82) is 5.26 Å². The lowest BCUT2D eigenvalue weighted by Gasteiger charge is -1.86. The Morgan fingerprint density at radius 3 is 2.89 bits per heavy atom. The summed E-state index contributed by atoms with van der Waals surface area (Å²) in [5, 5.41) is 8.30. The summed E-state index contributed by atoms with van der Waals surface area (Å²) in [5.41, 5.74) is 1.37. The Labute approximate surface area is 53.8 Å². The van der Waals surface area contributed by atoms with Crippen LogP contribution in [0, 0.1) is 24.5 Å². The van der Waals surface area contributed by atoms with Crippen molar-refractivity contribution in [2.75, 3.05) is 0 Å². The average Bonchev–Trinajstić information content (AvgIpc) is 1.90. The molecule has 0 bridgehead atoms. The first-order chi connectivity index (χ1) is 4.33. The molecule has 0 saturated heterocycles. The van der Waals surface area contributed by atoms with Crippen LogP contribution >= 0.6 is 0 Å². The fourth-order valence-corrected chi connectivity index (χ4v) is 0.489. The third kappa shape index (κ3) is 1.26. The standard InChI is InChI=1S/C7H5N2/c1-6-2-3-7(4-8)9-5-6/h2-3H,1H3. The molecule has 1 rings (SSSR count). The first kappa shape index (κ1) is 5.77. The molecule has 2 nitrogen and oxygen atoms in total. The topological polar surface area (TPSA) is 36.7 Å². The van der Waals surface area contributed by atoms with Gasteiger partial charge in [-0.1, -0.05) is 6.07 Å².